The van der Waals surface area contributed by atoms with E-state index in [0.29, 0.717) is 11.5 Å². The molecule has 19 heavy (non-hydrogen) atoms. The molecule has 0 unspecified atom stereocenters. The van der Waals surface area contributed by atoms with Crippen molar-refractivity contribution < 1.29 is 9.53 Å². The molecule has 2 N–H and O–H groups in total. The molecule has 0 aromatic carbocycles. The fourth-order valence-corrected chi connectivity index (χ4v) is 1.76. The van der Waals surface area contributed by atoms with Gasteiger partial charge in [-0.2, -0.15) is 9.50 Å². The number of esters is 1. The van der Waals surface area contributed by atoms with Crippen molar-refractivity contribution in [2.24, 2.45) is 0 Å². The third kappa shape index (κ3) is 2.47. The number of nitrogens with two attached hydrogens (primary N) is 1. The van der Waals surface area contributed by atoms with Crippen LogP contribution in [-0.4, -0.2) is 32.2 Å². The molecule has 0 aliphatic carbocycles. The van der Waals surface area contributed by atoms with E-state index in [1.807, 2.05) is 0 Å². The Kier molecular flexibility index (Phi) is 3.61. The van der Waals surface area contributed by atoms with Crippen molar-refractivity contribution in [2.45, 2.75) is 19.3 Å². The van der Waals surface area contributed by atoms with Crippen LogP contribution in [0.3, 0.4) is 0 Å². The number of fused-ring (bicyclic) bond motifs is 1. The Morgan fingerprint density at radius 2 is 2.47 bits per heavy atom. The van der Waals surface area contributed by atoms with Gasteiger partial charge >= 0.3 is 5.97 Å². The minimum atomic E-state index is -0.614. The molecule has 0 bridgehead atoms. The van der Waals surface area contributed by atoms with E-state index in [1.165, 1.54) is 10.7 Å². The predicted molar refractivity (Wildman–Crippen MR) is 68.0 cm³/mol. The van der Waals surface area contributed by atoms with Gasteiger partial charge in [-0.05, 0) is 13.0 Å². The fourth-order valence-electron chi connectivity index (χ4n) is 1.76. The SMILES string of the molecule is C#CC[C@H](C(=O)OCC)c1ccnc2nc(N)nn12. The second kappa shape index (κ2) is 5.35. The Labute approximate surface area is 109 Å². The van der Waals surface area contributed by atoms with Gasteiger partial charge in [0.25, 0.3) is 5.78 Å². The zero-order valence-electron chi connectivity index (χ0n) is 10.4. The zero-order valence-corrected chi connectivity index (χ0v) is 10.4. The first-order chi connectivity index (χ1) is 9.17. The average Bonchev–Trinajstić information content (AvgIpc) is 2.76. The van der Waals surface area contributed by atoms with Gasteiger partial charge in [-0.3, -0.25) is 4.79 Å². The van der Waals surface area contributed by atoms with Crippen LogP contribution in [-0.2, 0) is 9.53 Å². The van der Waals surface area contributed by atoms with Crippen molar-refractivity contribution >= 4 is 17.7 Å². The molecule has 7 nitrogen and oxygen atoms in total. The lowest BCUT2D eigenvalue weighted by molar-refractivity contribution is -0.145. The number of ether oxygens (including phenoxy) is 1. The topological polar surface area (TPSA) is 95.4 Å². The van der Waals surface area contributed by atoms with Crippen LogP contribution in [0.1, 0.15) is 25.0 Å². The maximum Gasteiger partial charge on any atom is 0.316 e. The number of aromatic nitrogens is 4. The summed E-state index contributed by atoms with van der Waals surface area (Å²) in [5, 5.41) is 4.00. The largest absolute Gasteiger partial charge is 0.465 e. The normalized spacial score (nSPS) is 12.0. The molecule has 0 spiro atoms. The summed E-state index contributed by atoms with van der Waals surface area (Å²) in [5.41, 5.74) is 6.09. The number of rotatable bonds is 4. The summed E-state index contributed by atoms with van der Waals surface area (Å²) >= 11 is 0. The van der Waals surface area contributed by atoms with E-state index in [9.17, 15) is 4.79 Å². The Morgan fingerprint density at radius 3 is 3.16 bits per heavy atom. The molecule has 2 aromatic rings. The van der Waals surface area contributed by atoms with E-state index in [4.69, 9.17) is 16.9 Å². The first-order valence-corrected chi connectivity index (χ1v) is 5.74. The minimum Gasteiger partial charge on any atom is -0.465 e. The number of terminal acetylenes is 1. The van der Waals surface area contributed by atoms with E-state index in [2.05, 4.69) is 21.0 Å². The van der Waals surface area contributed by atoms with Crippen LogP contribution < -0.4 is 5.73 Å². The lowest BCUT2D eigenvalue weighted by Gasteiger charge is -2.13. The minimum absolute atomic E-state index is 0.0864. The predicted octanol–water partition coefficient (Wildman–Crippen LogP) is 0.376. The number of nitrogen functional groups attached to an aromatic ring is 1. The summed E-state index contributed by atoms with van der Waals surface area (Å²) in [5.74, 6) is 1.85. The maximum absolute atomic E-state index is 12.0. The summed E-state index contributed by atoms with van der Waals surface area (Å²) in [4.78, 5) is 19.9. The Bertz CT molecular complexity index is 643. The third-order valence-electron chi connectivity index (χ3n) is 2.54. The van der Waals surface area contributed by atoms with Gasteiger partial charge in [-0.1, -0.05) is 0 Å². The summed E-state index contributed by atoms with van der Waals surface area (Å²) < 4.78 is 6.43. The van der Waals surface area contributed by atoms with Gasteiger partial charge < -0.3 is 10.5 Å². The molecular formula is C12H13N5O2. The molecule has 1 atom stereocenters. The molecule has 0 radical (unpaired) electrons. The molecule has 2 aromatic heterocycles. The van der Waals surface area contributed by atoms with Gasteiger partial charge in [0.15, 0.2) is 0 Å². The van der Waals surface area contributed by atoms with E-state index in [1.54, 1.807) is 13.0 Å². The molecule has 0 fully saturated rings. The van der Waals surface area contributed by atoms with Gasteiger partial charge in [0.2, 0.25) is 5.95 Å². The molecule has 0 amide bonds. The molecule has 0 saturated carbocycles. The summed E-state index contributed by atoms with van der Waals surface area (Å²) in [6.45, 7) is 2.02. The Balaban J connectivity index is 2.50. The van der Waals surface area contributed by atoms with E-state index in [0.717, 1.165) is 0 Å². The van der Waals surface area contributed by atoms with Crippen molar-refractivity contribution in [3.8, 4) is 12.3 Å². The number of hydrogen-bond donors (Lipinski definition) is 1. The van der Waals surface area contributed by atoms with Gasteiger partial charge in [0.1, 0.15) is 5.92 Å². The van der Waals surface area contributed by atoms with E-state index >= 15 is 0 Å². The van der Waals surface area contributed by atoms with Crippen molar-refractivity contribution in [3.63, 3.8) is 0 Å². The van der Waals surface area contributed by atoms with Crippen LogP contribution in [0.15, 0.2) is 12.3 Å². The first-order valence-electron chi connectivity index (χ1n) is 5.74. The van der Waals surface area contributed by atoms with Crippen LogP contribution in [0, 0.1) is 12.3 Å². The van der Waals surface area contributed by atoms with Crippen molar-refractivity contribution in [1.82, 2.24) is 19.6 Å². The van der Waals surface area contributed by atoms with Crippen LogP contribution in [0.5, 0.6) is 0 Å². The third-order valence-corrected chi connectivity index (χ3v) is 2.54. The zero-order chi connectivity index (χ0) is 13.8. The second-order valence-electron chi connectivity index (χ2n) is 3.76. The lowest BCUT2D eigenvalue weighted by atomic mass is 10.0. The summed E-state index contributed by atoms with van der Waals surface area (Å²) in [6, 6.07) is 1.65. The van der Waals surface area contributed by atoms with Crippen molar-refractivity contribution in [3.05, 3.63) is 18.0 Å². The number of anilines is 1. The van der Waals surface area contributed by atoms with E-state index < -0.39 is 11.9 Å². The number of hydrogen-bond acceptors (Lipinski definition) is 6. The van der Waals surface area contributed by atoms with Crippen LogP contribution in [0.25, 0.3) is 5.78 Å². The van der Waals surface area contributed by atoms with Crippen LogP contribution in [0.2, 0.25) is 0 Å². The number of nitrogens with zero attached hydrogens (tertiary/aromatic N) is 4. The number of carbonyl (C=O) groups excluding carboxylic acids is 1. The lowest BCUT2D eigenvalue weighted by Crippen LogP contribution is -2.19. The van der Waals surface area contributed by atoms with Gasteiger partial charge in [-0.25, -0.2) is 4.98 Å². The van der Waals surface area contributed by atoms with Crippen molar-refractivity contribution in [2.75, 3.05) is 12.3 Å². The highest BCUT2D eigenvalue weighted by Crippen LogP contribution is 2.21. The highest BCUT2D eigenvalue weighted by atomic mass is 16.5. The maximum atomic E-state index is 12.0. The quantitative estimate of drug-likeness (QED) is 0.629. The van der Waals surface area contributed by atoms with Crippen molar-refractivity contribution in [1.29, 1.82) is 0 Å². The molecule has 2 heterocycles. The monoisotopic (exact) mass is 259 g/mol. The molecule has 0 aliphatic rings. The van der Waals surface area contributed by atoms with Gasteiger partial charge in [0, 0.05) is 12.6 Å². The first kappa shape index (κ1) is 12.8. The number of carbonyl (C=O) groups is 1. The Hall–Kier alpha value is -2.62. The smallest absolute Gasteiger partial charge is 0.316 e. The average molecular weight is 259 g/mol. The molecular weight excluding hydrogens is 246 g/mol. The molecule has 0 aliphatic heterocycles. The van der Waals surface area contributed by atoms with E-state index in [-0.39, 0.29) is 19.0 Å². The van der Waals surface area contributed by atoms with Crippen LogP contribution in [0.4, 0.5) is 5.95 Å². The molecule has 98 valence electrons. The summed E-state index contributed by atoms with van der Waals surface area (Å²) in [7, 11) is 0. The summed E-state index contributed by atoms with van der Waals surface area (Å²) in [6.07, 6.45) is 7.04. The standard InChI is InChI=1S/C12H13N5O2/c1-3-5-8(10(18)19-4-2)9-6-7-14-12-15-11(13)16-17(9)12/h1,6-8H,4-5H2,2H3,(H2,13,16)/t8-/m0/s1. The second-order valence-corrected chi connectivity index (χ2v) is 3.76. The molecule has 2 rings (SSSR count). The van der Waals surface area contributed by atoms with Gasteiger partial charge in [-0.15, -0.1) is 17.4 Å². The Morgan fingerprint density at radius 1 is 1.68 bits per heavy atom. The molecule has 7 heteroatoms. The molecule has 0 saturated heterocycles. The van der Waals surface area contributed by atoms with Gasteiger partial charge in [0.05, 0.1) is 12.3 Å². The highest BCUT2D eigenvalue weighted by Gasteiger charge is 2.24. The fraction of sp³-hybridized carbons (Fsp3) is 0.333. The highest BCUT2D eigenvalue weighted by molar-refractivity contribution is 5.78. The van der Waals surface area contributed by atoms with Crippen LogP contribution >= 0.6 is 0 Å².